The van der Waals surface area contributed by atoms with Crippen LogP contribution in [-0.2, 0) is 0 Å². The van der Waals surface area contributed by atoms with E-state index >= 15 is 0 Å². The largest absolute Gasteiger partial charge is 0.282 e. The van der Waals surface area contributed by atoms with E-state index in [1.165, 1.54) is 65.0 Å². The van der Waals surface area contributed by atoms with Crippen LogP contribution in [0, 0.1) is 5.41 Å². The summed E-state index contributed by atoms with van der Waals surface area (Å²) in [5.74, 6) is 0.223. The molecule has 1 N–H and O–H groups in total. The molecule has 56 heavy (non-hydrogen) atoms. The smallest absolute Gasteiger partial charge is 0.152 e. The fourth-order valence-electron chi connectivity index (χ4n) is 8.04. The summed E-state index contributed by atoms with van der Waals surface area (Å²) in [6, 6.07) is 70.9. The third-order valence-electron chi connectivity index (χ3n) is 10.9. The Labute approximate surface area is 325 Å². The number of rotatable bonds is 6. The van der Waals surface area contributed by atoms with E-state index in [4.69, 9.17) is 10.4 Å². The molecule has 0 atom stereocenters. The highest BCUT2D eigenvalue weighted by molar-refractivity contribution is 6.21. The van der Waals surface area contributed by atoms with Gasteiger partial charge in [0.05, 0.1) is 5.71 Å². The predicted molar refractivity (Wildman–Crippen MR) is 240 cm³/mol. The van der Waals surface area contributed by atoms with Crippen molar-refractivity contribution in [2.75, 3.05) is 0 Å². The Kier molecular flexibility index (Phi) is 8.35. The van der Waals surface area contributed by atoms with Crippen molar-refractivity contribution in [3.8, 4) is 22.3 Å². The molecule has 0 aliphatic heterocycles. The Morgan fingerprint density at radius 3 is 1.86 bits per heavy atom. The number of benzene rings is 10. The number of allylic oxidation sites excluding steroid dienone is 1. The molecule has 0 aliphatic carbocycles. The molecule has 2 heteroatoms. The van der Waals surface area contributed by atoms with Crippen molar-refractivity contribution in [2.45, 2.75) is 0 Å². The molecular formula is C54H36N2. The van der Waals surface area contributed by atoms with Crippen LogP contribution in [0.25, 0.3) is 82.2 Å². The van der Waals surface area contributed by atoms with Gasteiger partial charge in [0.15, 0.2) is 5.84 Å². The van der Waals surface area contributed by atoms with Crippen molar-refractivity contribution < 1.29 is 0 Å². The molecule has 0 bridgehead atoms. The molecule has 0 amide bonds. The van der Waals surface area contributed by atoms with E-state index in [-0.39, 0.29) is 5.84 Å². The molecule has 0 aliphatic rings. The lowest BCUT2D eigenvalue weighted by Gasteiger charge is -2.15. The van der Waals surface area contributed by atoms with Gasteiger partial charge in [-0.15, -0.1) is 0 Å². The first-order chi connectivity index (χ1) is 27.6. The summed E-state index contributed by atoms with van der Waals surface area (Å²) in [6.45, 7) is 0. The second-order valence-corrected chi connectivity index (χ2v) is 14.4. The van der Waals surface area contributed by atoms with Gasteiger partial charge in [-0.05, 0) is 118 Å². The summed E-state index contributed by atoms with van der Waals surface area (Å²) < 4.78 is 0. The summed E-state index contributed by atoms with van der Waals surface area (Å²) in [7, 11) is 0. The minimum atomic E-state index is 0.223. The lowest BCUT2D eigenvalue weighted by Crippen LogP contribution is -2.04. The molecule has 0 heterocycles. The number of hydrogen-bond acceptors (Lipinski definition) is 1. The molecule has 0 spiro atoms. The quantitative estimate of drug-likeness (QED) is 0.0771. The van der Waals surface area contributed by atoms with Gasteiger partial charge in [0.2, 0.25) is 0 Å². The molecule has 10 aromatic carbocycles. The summed E-state index contributed by atoms with van der Waals surface area (Å²) >= 11 is 0. The molecular weight excluding hydrogens is 677 g/mol. The van der Waals surface area contributed by atoms with Crippen molar-refractivity contribution in [1.29, 1.82) is 5.41 Å². The van der Waals surface area contributed by atoms with Gasteiger partial charge in [-0.3, -0.25) is 5.41 Å². The van der Waals surface area contributed by atoms with Crippen molar-refractivity contribution in [3.05, 3.63) is 223 Å². The van der Waals surface area contributed by atoms with Crippen LogP contribution in [0.1, 0.15) is 16.7 Å². The highest BCUT2D eigenvalue weighted by atomic mass is 14.8. The van der Waals surface area contributed by atoms with Gasteiger partial charge in [0.25, 0.3) is 0 Å². The van der Waals surface area contributed by atoms with Crippen LogP contribution in [0.4, 0.5) is 0 Å². The van der Waals surface area contributed by atoms with Crippen LogP contribution in [0.3, 0.4) is 0 Å². The standard InChI is InChI=1S/C54H36N2/c55-54(39-13-2-1-3-14-39)56-52(46-18-10-17-41(33-46)44-25-24-37-11-4-5-15-40(37)32-44)30-22-36-21-23-43-34-47(27-26-42(43)31-36)53-49-20-9-7-16-45(49)35-51-48-19-8-6-12-38(48)28-29-50(51)53/h1-35,55H/b30-22+,55-54?,56-52?. The van der Waals surface area contributed by atoms with E-state index < -0.39 is 0 Å². The number of nitrogens with zero attached hydrogens (tertiary/aromatic N) is 1. The van der Waals surface area contributed by atoms with Crippen LogP contribution >= 0.6 is 0 Å². The van der Waals surface area contributed by atoms with Gasteiger partial charge in [0, 0.05) is 11.1 Å². The predicted octanol–water partition coefficient (Wildman–Crippen LogP) is 14.3. The molecule has 2 nitrogen and oxygen atoms in total. The maximum absolute atomic E-state index is 8.92. The molecule has 0 fully saturated rings. The Morgan fingerprint density at radius 2 is 0.982 bits per heavy atom. The number of fused-ring (bicyclic) bond motifs is 6. The Bertz CT molecular complexity index is 3210. The SMILES string of the molecule is N=C(N=C(/C=C/c1ccc2cc(-c3c4ccccc4cc4c3ccc3ccccc34)ccc2c1)c1cccc(-c2ccc3ccccc3c2)c1)c1ccccc1. The second kappa shape index (κ2) is 14.1. The Hall–Kier alpha value is -7.42. The van der Waals surface area contributed by atoms with Crippen molar-refractivity contribution in [2.24, 2.45) is 4.99 Å². The number of nitrogens with one attached hydrogen (secondary N) is 1. The van der Waals surface area contributed by atoms with Gasteiger partial charge in [-0.25, -0.2) is 4.99 Å². The molecule has 262 valence electrons. The van der Waals surface area contributed by atoms with Gasteiger partial charge < -0.3 is 0 Å². The van der Waals surface area contributed by atoms with Crippen molar-refractivity contribution >= 4 is 71.5 Å². The van der Waals surface area contributed by atoms with Gasteiger partial charge in [-0.1, -0.05) is 176 Å². The normalized spacial score (nSPS) is 12.0. The molecule has 10 rings (SSSR count). The van der Waals surface area contributed by atoms with Crippen LogP contribution in [0.5, 0.6) is 0 Å². The zero-order valence-corrected chi connectivity index (χ0v) is 30.7. The van der Waals surface area contributed by atoms with Crippen molar-refractivity contribution in [1.82, 2.24) is 0 Å². The summed E-state index contributed by atoms with van der Waals surface area (Å²) in [6.07, 6.45) is 4.15. The Balaban J connectivity index is 1.03. The lowest BCUT2D eigenvalue weighted by atomic mass is 9.89. The number of amidine groups is 1. The fourth-order valence-corrected chi connectivity index (χ4v) is 8.04. The Morgan fingerprint density at radius 1 is 0.375 bits per heavy atom. The third kappa shape index (κ3) is 6.24. The lowest BCUT2D eigenvalue weighted by molar-refractivity contribution is 1.41. The van der Waals surface area contributed by atoms with Gasteiger partial charge in [0.1, 0.15) is 0 Å². The summed E-state index contributed by atoms with van der Waals surface area (Å²) in [5.41, 5.74) is 8.25. The van der Waals surface area contributed by atoms with E-state index in [9.17, 15) is 0 Å². The van der Waals surface area contributed by atoms with E-state index in [2.05, 4.69) is 176 Å². The maximum atomic E-state index is 8.92. The first-order valence-corrected chi connectivity index (χ1v) is 19.0. The third-order valence-corrected chi connectivity index (χ3v) is 10.9. The van der Waals surface area contributed by atoms with E-state index in [1.54, 1.807) is 0 Å². The van der Waals surface area contributed by atoms with Crippen molar-refractivity contribution in [3.63, 3.8) is 0 Å². The maximum Gasteiger partial charge on any atom is 0.152 e. The summed E-state index contributed by atoms with van der Waals surface area (Å²) in [5, 5.41) is 21.3. The average molecular weight is 713 g/mol. The minimum absolute atomic E-state index is 0.223. The zero-order chi connectivity index (χ0) is 37.4. The van der Waals surface area contributed by atoms with E-state index in [0.29, 0.717) is 0 Å². The molecule has 0 saturated carbocycles. The summed E-state index contributed by atoms with van der Waals surface area (Å²) in [4.78, 5) is 4.91. The molecule has 10 aromatic rings. The molecule has 0 aromatic heterocycles. The van der Waals surface area contributed by atoms with Crippen LogP contribution < -0.4 is 0 Å². The highest BCUT2D eigenvalue weighted by Gasteiger charge is 2.13. The fraction of sp³-hybridized carbons (Fsp3) is 0. The molecule has 0 radical (unpaired) electrons. The first kappa shape index (κ1) is 33.2. The molecule has 0 unspecified atom stereocenters. The van der Waals surface area contributed by atoms with Gasteiger partial charge in [-0.2, -0.15) is 0 Å². The van der Waals surface area contributed by atoms with Crippen LogP contribution in [-0.4, -0.2) is 11.5 Å². The first-order valence-electron chi connectivity index (χ1n) is 19.0. The van der Waals surface area contributed by atoms with Crippen LogP contribution in [0.15, 0.2) is 211 Å². The topological polar surface area (TPSA) is 36.2 Å². The number of hydrogen-bond donors (Lipinski definition) is 1. The zero-order valence-electron chi connectivity index (χ0n) is 30.7. The van der Waals surface area contributed by atoms with E-state index in [1.807, 2.05) is 36.4 Å². The second-order valence-electron chi connectivity index (χ2n) is 14.4. The van der Waals surface area contributed by atoms with Crippen LogP contribution in [0.2, 0.25) is 0 Å². The highest BCUT2D eigenvalue weighted by Crippen LogP contribution is 2.40. The average Bonchev–Trinajstić information content (AvgIpc) is 3.26. The minimum Gasteiger partial charge on any atom is -0.282 e. The number of aliphatic imine (C=N–C) groups is 1. The molecule has 0 saturated heterocycles. The van der Waals surface area contributed by atoms with Gasteiger partial charge >= 0.3 is 0 Å². The monoisotopic (exact) mass is 712 g/mol. The van der Waals surface area contributed by atoms with E-state index in [0.717, 1.165) is 33.5 Å².